The van der Waals surface area contributed by atoms with E-state index in [1.165, 1.54) is 22.5 Å². The molecule has 1 atom stereocenters. The van der Waals surface area contributed by atoms with E-state index in [4.69, 9.17) is 0 Å². The average molecular weight is 501 g/mol. The molecule has 3 aromatic heterocycles. The van der Waals surface area contributed by atoms with Gasteiger partial charge in [0.2, 0.25) is 5.91 Å². The number of hydrogen-bond acceptors (Lipinski definition) is 6. The van der Waals surface area contributed by atoms with Crippen LogP contribution in [0.25, 0.3) is 26.8 Å². The van der Waals surface area contributed by atoms with Gasteiger partial charge in [-0.2, -0.15) is 0 Å². The minimum absolute atomic E-state index is 0.0632. The number of carbonyl (C=O) groups excluding carboxylic acids is 1. The molecule has 0 radical (unpaired) electrons. The monoisotopic (exact) mass is 500 g/mol. The number of hydrogen-bond donors (Lipinski definition) is 1. The fraction of sp³-hybridized carbons (Fsp3) is 0.259. The maximum Gasteiger partial charge on any atom is 0.225 e. The van der Waals surface area contributed by atoms with Crippen LogP contribution in [0.2, 0.25) is 0 Å². The Morgan fingerprint density at radius 1 is 1.19 bits per heavy atom. The van der Waals surface area contributed by atoms with Crippen molar-refractivity contribution >= 4 is 44.2 Å². The van der Waals surface area contributed by atoms with Crippen LogP contribution in [0.15, 0.2) is 61.1 Å². The number of benzene rings is 2. The second-order valence-electron chi connectivity index (χ2n) is 9.20. The van der Waals surface area contributed by atoms with Gasteiger partial charge in [-0.05, 0) is 55.0 Å². The van der Waals surface area contributed by atoms with Crippen molar-refractivity contribution in [3.05, 3.63) is 77.3 Å². The van der Waals surface area contributed by atoms with Crippen LogP contribution >= 0.6 is 11.3 Å². The van der Waals surface area contributed by atoms with Crippen LogP contribution in [-0.4, -0.2) is 38.7 Å². The molecule has 1 unspecified atom stereocenters. The van der Waals surface area contributed by atoms with E-state index in [2.05, 4.69) is 43.5 Å². The fourth-order valence-corrected chi connectivity index (χ4v) is 5.76. The summed E-state index contributed by atoms with van der Waals surface area (Å²) in [5, 5.41) is 9.66. The van der Waals surface area contributed by atoms with Gasteiger partial charge in [-0.25, -0.2) is 19.0 Å². The average Bonchev–Trinajstić information content (AvgIpc) is 3.53. The normalized spacial score (nSPS) is 16.1. The van der Waals surface area contributed by atoms with Gasteiger partial charge in [0.15, 0.2) is 5.65 Å². The lowest BCUT2D eigenvalue weighted by molar-refractivity contribution is -0.125. The number of thiophene rings is 1. The smallest absolute Gasteiger partial charge is 0.225 e. The number of piperidine rings is 1. The first kappa shape index (κ1) is 22.6. The second-order valence-corrected chi connectivity index (χ2v) is 10.4. The van der Waals surface area contributed by atoms with E-state index < -0.39 is 0 Å². The molecule has 36 heavy (non-hydrogen) atoms. The number of aryl methyl sites for hydroxylation is 1. The van der Waals surface area contributed by atoms with E-state index in [0.29, 0.717) is 30.0 Å². The molecule has 0 bridgehead atoms. The van der Waals surface area contributed by atoms with Crippen molar-refractivity contribution in [3.8, 4) is 5.69 Å². The van der Waals surface area contributed by atoms with Crippen molar-refractivity contribution in [3.63, 3.8) is 0 Å². The first-order valence-corrected chi connectivity index (χ1v) is 12.8. The largest absolute Gasteiger partial charge is 0.355 e. The van der Waals surface area contributed by atoms with Gasteiger partial charge in [0.05, 0.1) is 23.5 Å². The van der Waals surface area contributed by atoms with Crippen molar-refractivity contribution in [2.75, 3.05) is 18.0 Å². The summed E-state index contributed by atoms with van der Waals surface area (Å²) in [6, 6.07) is 15.4. The molecular formula is C27H25FN6OS. The van der Waals surface area contributed by atoms with Crippen molar-refractivity contribution in [1.29, 1.82) is 0 Å². The Kier molecular flexibility index (Phi) is 5.85. The molecule has 9 heteroatoms. The maximum atomic E-state index is 14.1. The van der Waals surface area contributed by atoms with Crippen LogP contribution in [0.5, 0.6) is 0 Å². The number of nitrogens with zero attached hydrogens (tertiary/aromatic N) is 5. The zero-order valence-electron chi connectivity index (χ0n) is 19.8. The summed E-state index contributed by atoms with van der Waals surface area (Å²) < 4.78 is 17.0. The van der Waals surface area contributed by atoms with Crippen molar-refractivity contribution in [2.45, 2.75) is 26.3 Å². The third kappa shape index (κ3) is 4.30. The molecule has 182 valence electrons. The van der Waals surface area contributed by atoms with Gasteiger partial charge in [-0.3, -0.25) is 4.79 Å². The van der Waals surface area contributed by atoms with E-state index in [9.17, 15) is 9.18 Å². The zero-order chi connectivity index (χ0) is 24.6. The third-order valence-corrected chi connectivity index (χ3v) is 7.84. The first-order chi connectivity index (χ1) is 17.5. The summed E-state index contributed by atoms with van der Waals surface area (Å²) >= 11 is 1.71. The van der Waals surface area contributed by atoms with E-state index in [1.54, 1.807) is 29.0 Å². The van der Waals surface area contributed by atoms with Crippen LogP contribution in [0, 0.1) is 18.7 Å². The number of rotatable bonds is 5. The van der Waals surface area contributed by atoms with Crippen LogP contribution < -0.4 is 10.2 Å². The number of aromatic nitrogens is 4. The highest BCUT2D eigenvalue weighted by Crippen LogP contribution is 2.29. The number of halogens is 1. The highest BCUT2D eigenvalue weighted by Gasteiger charge is 2.28. The number of fused-ring (bicyclic) bond motifs is 2. The lowest BCUT2D eigenvalue weighted by Gasteiger charge is -2.33. The van der Waals surface area contributed by atoms with Gasteiger partial charge >= 0.3 is 0 Å². The minimum atomic E-state index is -0.279. The summed E-state index contributed by atoms with van der Waals surface area (Å²) in [4.78, 5) is 25.2. The molecule has 0 saturated carbocycles. The summed E-state index contributed by atoms with van der Waals surface area (Å²) in [7, 11) is 0. The van der Waals surface area contributed by atoms with E-state index in [-0.39, 0.29) is 17.6 Å². The molecule has 0 spiro atoms. The lowest BCUT2D eigenvalue weighted by Crippen LogP contribution is -2.43. The predicted octanol–water partition coefficient (Wildman–Crippen LogP) is 5.01. The van der Waals surface area contributed by atoms with Crippen molar-refractivity contribution < 1.29 is 9.18 Å². The topological polar surface area (TPSA) is 75.9 Å². The molecule has 2 aromatic carbocycles. The number of carbonyl (C=O) groups is 1. The van der Waals surface area contributed by atoms with Gasteiger partial charge in [0, 0.05) is 28.9 Å². The molecule has 1 fully saturated rings. The van der Waals surface area contributed by atoms with Gasteiger partial charge in [0.1, 0.15) is 18.0 Å². The summed E-state index contributed by atoms with van der Waals surface area (Å²) in [5.74, 6) is 0.410. The van der Waals surface area contributed by atoms with Gasteiger partial charge in [-0.1, -0.05) is 24.3 Å². The van der Waals surface area contributed by atoms with E-state index in [1.807, 2.05) is 24.4 Å². The van der Waals surface area contributed by atoms with Crippen LogP contribution in [0.3, 0.4) is 0 Å². The second kappa shape index (κ2) is 9.31. The quantitative estimate of drug-likeness (QED) is 0.367. The van der Waals surface area contributed by atoms with Crippen molar-refractivity contribution in [1.82, 2.24) is 25.1 Å². The molecule has 1 saturated heterocycles. The van der Waals surface area contributed by atoms with Gasteiger partial charge < -0.3 is 10.2 Å². The molecule has 5 aromatic rings. The third-order valence-electron chi connectivity index (χ3n) is 6.72. The molecule has 1 aliphatic rings. The minimum Gasteiger partial charge on any atom is -0.355 e. The molecule has 7 nitrogen and oxygen atoms in total. The fourth-order valence-electron chi connectivity index (χ4n) is 4.76. The highest BCUT2D eigenvalue weighted by atomic mass is 32.1. The van der Waals surface area contributed by atoms with Gasteiger partial charge in [0.25, 0.3) is 0 Å². The number of anilines is 1. The molecule has 1 N–H and O–H groups in total. The Hall–Kier alpha value is -3.85. The Bertz CT molecular complexity index is 1540. The summed E-state index contributed by atoms with van der Waals surface area (Å²) in [6.45, 7) is 3.64. The lowest BCUT2D eigenvalue weighted by atomic mass is 9.97. The maximum absolute atomic E-state index is 14.1. The summed E-state index contributed by atoms with van der Waals surface area (Å²) in [5.41, 5.74) is 1.75. The number of nitrogens with one attached hydrogen (secondary N) is 1. The SMILES string of the molecule is Cc1ccc(-n2cc3c(N4CCCC(C(=O)NCc5cc6ccccc6s5)C4)ncnc3n2)cc1F. The predicted molar refractivity (Wildman–Crippen MR) is 140 cm³/mol. The summed E-state index contributed by atoms with van der Waals surface area (Å²) in [6.07, 6.45) is 5.06. The van der Waals surface area contributed by atoms with E-state index >= 15 is 0 Å². The van der Waals surface area contributed by atoms with Gasteiger partial charge in [-0.15, -0.1) is 16.4 Å². The molecule has 6 rings (SSSR count). The van der Waals surface area contributed by atoms with Crippen LogP contribution in [0.1, 0.15) is 23.3 Å². The Balaban J connectivity index is 1.19. The standard InChI is InChI=1S/C27H25FN6OS/c1-17-8-9-20(12-23(17)28)34-15-22-25(32-34)30-16-31-26(22)33-10-4-6-19(14-33)27(35)29-13-21-11-18-5-2-3-7-24(18)36-21/h2-3,5,7-9,11-12,15-16,19H,4,6,10,13-14H2,1H3,(H,29,35). The Labute approximate surface area is 211 Å². The van der Waals surface area contributed by atoms with Crippen molar-refractivity contribution in [2.24, 2.45) is 5.92 Å². The Morgan fingerprint density at radius 3 is 2.94 bits per heavy atom. The Morgan fingerprint density at radius 2 is 2.08 bits per heavy atom. The highest BCUT2D eigenvalue weighted by molar-refractivity contribution is 7.19. The molecule has 4 heterocycles. The first-order valence-electron chi connectivity index (χ1n) is 12.0. The molecule has 1 aliphatic heterocycles. The molecular weight excluding hydrogens is 475 g/mol. The number of amides is 1. The zero-order valence-corrected chi connectivity index (χ0v) is 20.6. The molecule has 0 aliphatic carbocycles. The van der Waals surface area contributed by atoms with E-state index in [0.717, 1.165) is 35.5 Å². The molecule has 1 amide bonds. The van der Waals surface area contributed by atoms with Crippen LogP contribution in [-0.2, 0) is 11.3 Å². The van der Waals surface area contributed by atoms with Crippen LogP contribution in [0.4, 0.5) is 10.2 Å².